The van der Waals surface area contributed by atoms with Gasteiger partial charge in [-0.15, -0.1) is 0 Å². The van der Waals surface area contributed by atoms with Crippen LogP contribution in [0.25, 0.3) is 0 Å². The number of hydrogen-bond acceptors (Lipinski definition) is 4. The lowest BCUT2D eigenvalue weighted by atomic mass is 9.33. The highest BCUT2D eigenvalue weighted by Gasteiger charge is 2.87. The molecule has 0 N–H and O–H groups in total. The van der Waals surface area contributed by atoms with Crippen molar-refractivity contribution in [3.05, 3.63) is 143 Å². The van der Waals surface area contributed by atoms with Crippen LogP contribution in [0, 0.1) is 0 Å². The van der Waals surface area contributed by atoms with Gasteiger partial charge in [0, 0.05) is 16.2 Å². The highest BCUT2D eigenvalue weighted by molar-refractivity contribution is 5.91. The maximum Gasteiger partial charge on any atom is 0.338 e. The van der Waals surface area contributed by atoms with E-state index in [9.17, 15) is 9.59 Å². The summed E-state index contributed by atoms with van der Waals surface area (Å²) in [5.74, 6) is -0.831. The van der Waals surface area contributed by atoms with Gasteiger partial charge in [0.25, 0.3) is 0 Å². The van der Waals surface area contributed by atoms with Crippen molar-refractivity contribution in [1.82, 2.24) is 0 Å². The zero-order chi connectivity index (χ0) is 25.4. The van der Waals surface area contributed by atoms with Crippen LogP contribution in [0.5, 0.6) is 0 Å². The van der Waals surface area contributed by atoms with Gasteiger partial charge in [-0.05, 0) is 46.5 Å². The van der Waals surface area contributed by atoms with Gasteiger partial charge in [-0.3, -0.25) is 0 Å². The highest BCUT2D eigenvalue weighted by Crippen LogP contribution is 2.81. The Hall–Kier alpha value is -4.18. The van der Waals surface area contributed by atoms with Gasteiger partial charge in [0.2, 0.25) is 0 Å². The van der Waals surface area contributed by atoms with Gasteiger partial charge >= 0.3 is 11.9 Å². The molecule has 0 amide bonds. The molecule has 0 bridgehead atoms. The zero-order valence-corrected chi connectivity index (χ0v) is 20.7. The second kappa shape index (κ2) is 7.42. The van der Waals surface area contributed by atoms with Crippen LogP contribution in [0.2, 0.25) is 0 Å². The number of esters is 2. The molecule has 3 unspecified atom stereocenters. The fourth-order valence-corrected chi connectivity index (χ4v) is 7.82. The summed E-state index contributed by atoms with van der Waals surface area (Å²) in [4.78, 5) is 27.0. The molecule has 7 rings (SSSR count). The second-order valence-electron chi connectivity index (χ2n) is 10.6. The Morgan fingerprint density at radius 3 is 1.22 bits per heavy atom. The van der Waals surface area contributed by atoms with E-state index in [1.54, 1.807) is 24.3 Å². The summed E-state index contributed by atoms with van der Waals surface area (Å²) < 4.78 is 12.8. The Morgan fingerprint density at radius 1 is 0.514 bits per heavy atom. The monoisotopic (exact) mass is 486 g/mol. The predicted octanol–water partition coefficient (Wildman–Crippen LogP) is 5.98. The fourth-order valence-electron chi connectivity index (χ4n) is 7.82. The quantitative estimate of drug-likeness (QED) is 0.333. The summed E-state index contributed by atoms with van der Waals surface area (Å²) in [6.07, 6.45) is -1.36. The van der Waals surface area contributed by atoms with E-state index in [4.69, 9.17) is 9.47 Å². The Kier molecular flexibility index (Phi) is 4.42. The van der Waals surface area contributed by atoms with Gasteiger partial charge in [-0.25, -0.2) is 9.59 Å². The molecule has 4 aromatic rings. The molecule has 3 aliphatic rings. The average Bonchev–Trinajstić information content (AvgIpc) is 3.05. The Morgan fingerprint density at radius 2 is 0.838 bits per heavy atom. The van der Waals surface area contributed by atoms with Gasteiger partial charge in [-0.1, -0.05) is 98.8 Å². The van der Waals surface area contributed by atoms with Gasteiger partial charge in [-0.2, -0.15) is 0 Å². The maximum atomic E-state index is 13.5. The lowest BCUT2D eigenvalue weighted by Gasteiger charge is -2.68. The molecule has 0 heterocycles. The molecule has 0 aliphatic heterocycles. The molecule has 1 spiro atoms. The van der Waals surface area contributed by atoms with Crippen LogP contribution in [-0.4, -0.2) is 24.1 Å². The minimum atomic E-state index is -0.680. The molecule has 3 aliphatic carbocycles. The number of carbonyl (C=O) groups excluding carboxylic acids is 2. The minimum absolute atomic E-state index is 0.416. The second-order valence-corrected chi connectivity index (χ2v) is 10.6. The molecule has 0 aromatic heterocycles. The summed E-state index contributed by atoms with van der Waals surface area (Å²) in [5, 5.41) is 0. The van der Waals surface area contributed by atoms with Crippen molar-refractivity contribution in [2.45, 2.75) is 42.3 Å². The lowest BCUT2D eigenvalue weighted by Crippen LogP contribution is -2.70. The van der Waals surface area contributed by atoms with E-state index in [-0.39, 0.29) is 0 Å². The Balaban J connectivity index is 1.42. The number of ether oxygens (including phenoxy) is 2. The first-order valence-electron chi connectivity index (χ1n) is 12.7. The standard InChI is InChI=1S/C33H26O4/c1-31-23-17-9-11-19-25(23)33(31)26-20-12-10-18-24(26)32(33,2)28(37-30(35)22-15-7-4-8-16-22)27(31)36-29(34)21-13-5-3-6-14-21/h3-20,27-28H,1-2H3/t27?,28?,31-,32?,33+/m0/s1. The molecule has 1 saturated carbocycles. The molecule has 4 aromatic carbocycles. The van der Waals surface area contributed by atoms with Gasteiger partial charge in [0.1, 0.15) is 0 Å². The molecular weight excluding hydrogens is 460 g/mol. The van der Waals surface area contributed by atoms with Crippen LogP contribution >= 0.6 is 0 Å². The third kappa shape index (κ3) is 2.43. The Labute approximate surface area is 215 Å². The van der Waals surface area contributed by atoms with Crippen molar-refractivity contribution >= 4 is 11.9 Å². The number of benzene rings is 4. The van der Waals surface area contributed by atoms with Crippen molar-refractivity contribution in [2.75, 3.05) is 0 Å². The van der Waals surface area contributed by atoms with Crippen LogP contribution in [0.1, 0.15) is 56.8 Å². The van der Waals surface area contributed by atoms with E-state index in [0.717, 1.165) is 11.1 Å². The third-order valence-electron chi connectivity index (χ3n) is 9.24. The number of fused-ring (bicyclic) bond motifs is 4. The topological polar surface area (TPSA) is 52.6 Å². The largest absolute Gasteiger partial charge is 0.454 e. The van der Waals surface area contributed by atoms with Crippen molar-refractivity contribution in [2.24, 2.45) is 0 Å². The van der Waals surface area contributed by atoms with Crippen LogP contribution in [0.4, 0.5) is 0 Å². The SMILES string of the molecule is CC12c3ccccc3[C@@]13c1ccccc1[C@@]3(C)C(OC(=O)c1ccccc1)C2OC(=O)c1ccccc1. The first-order chi connectivity index (χ1) is 18.0. The number of carbonyl (C=O) groups is 2. The molecule has 4 nitrogen and oxygen atoms in total. The molecule has 4 heteroatoms. The van der Waals surface area contributed by atoms with Crippen LogP contribution < -0.4 is 0 Å². The molecule has 0 radical (unpaired) electrons. The lowest BCUT2D eigenvalue weighted by molar-refractivity contribution is -0.0509. The van der Waals surface area contributed by atoms with Gasteiger partial charge in [0.05, 0.1) is 11.1 Å². The van der Waals surface area contributed by atoms with E-state index in [1.807, 2.05) is 48.5 Å². The summed E-state index contributed by atoms with van der Waals surface area (Å²) in [6, 6.07) is 34.8. The van der Waals surface area contributed by atoms with Crippen molar-refractivity contribution in [3.8, 4) is 0 Å². The van der Waals surface area contributed by atoms with Gasteiger partial charge < -0.3 is 9.47 Å². The van der Waals surface area contributed by atoms with Crippen molar-refractivity contribution < 1.29 is 19.1 Å². The molecule has 37 heavy (non-hydrogen) atoms. The van der Waals surface area contributed by atoms with Crippen LogP contribution in [-0.2, 0) is 25.7 Å². The summed E-state index contributed by atoms with van der Waals surface area (Å²) in [7, 11) is 0. The van der Waals surface area contributed by atoms with E-state index >= 15 is 0 Å². The summed E-state index contributed by atoms with van der Waals surface area (Å²) in [6.45, 7) is 4.34. The maximum absolute atomic E-state index is 13.5. The van der Waals surface area contributed by atoms with Crippen LogP contribution in [0.15, 0.2) is 109 Å². The average molecular weight is 487 g/mol. The Bertz CT molecular complexity index is 1440. The normalized spacial score (nSPS) is 29.9. The number of hydrogen-bond donors (Lipinski definition) is 0. The summed E-state index contributed by atoms with van der Waals surface area (Å²) >= 11 is 0. The van der Waals surface area contributed by atoms with Crippen molar-refractivity contribution in [3.63, 3.8) is 0 Å². The third-order valence-corrected chi connectivity index (χ3v) is 9.24. The van der Waals surface area contributed by atoms with Gasteiger partial charge in [0.15, 0.2) is 12.2 Å². The molecular formula is C33H26O4. The fraction of sp³-hybridized carbons (Fsp3) is 0.212. The summed E-state index contributed by atoms with van der Waals surface area (Å²) in [5.41, 5.74) is 4.09. The molecule has 1 fully saturated rings. The highest BCUT2D eigenvalue weighted by atomic mass is 16.6. The van der Waals surface area contributed by atoms with Crippen molar-refractivity contribution in [1.29, 1.82) is 0 Å². The van der Waals surface area contributed by atoms with E-state index in [0.29, 0.717) is 11.1 Å². The van der Waals surface area contributed by atoms with Crippen LogP contribution in [0.3, 0.4) is 0 Å². The predicted molar refractivity (Wildman–Crippen MR) is 140 cm³/mol. The first-order valence-corrected chi connectivity index (χ1v) is 12.7. The first kappa shape index (κ1) is 22.1. The zero-order valence-electron chi connectivity index (χ0n) is 20.7. The van der Waals surface area contributed by atoms with E-state index in [2.05, 4.69) is 50.2 Å². The van der Waals surface area contributed by atoms with E-state index < -0.39 is 40.4 Å². The molecule has 5 atom stereocenters. The molecule has 182 valence electrons. The molecule has 0 saturated heterocycles. The minimum Gasteiger partial charge on any atom is -0.454 e. The smallest absolute Gasteiger partial charge is 0.338 e. The number of rotatable bonds is 4. The van der Waals surface area contributed by atoms with E-state index in [1.165, 1.54) is 11.1 Å².